The topological polar surface area (TPSA) is 72.8 Å². The summed E-state index contributed by atoms with van der Waals surface area (Å²) in [7, 11) is 1.48. The number of halogens is 1. The van der Waals surface area contributed by atoms with Crippen LogP contribution in [0, 0.1) is 5.82 Å². The van der Waals surface area contributed by atoms with Crippen molar-refractivity contribution in [3.05, 3.63) is 29.6 Å². The highest BCUT2D eigenvalue weighted by atomic mass is 19.1. The first kappa shape index (κ1) is 12.8. The van der Waals surface area contributed by atoms with Crippen molar-refractivity contribution in [3.8, 4) is 5.75 Å². The standard InChI is InChI=1S/C12H15FN2O3/c1-15(8-5-14-6-10(8)17)12(18)11-7(13)3-2-4-9(11)16/h2-4,8,10,14,16-17H,5-6H2,1H3/t8-,10-/m0/s1. The van der Waals surface area contributed by atoms with E-state index in [4.69, 9.17) is 0 Å². The number of phenolic OH excluding ortho intramolecular Hbond substituents is 1. The molecule has 1 amide bonds. The number of hydrogen-bond donors (Lipinski definition) is 3. The van der Waals surface area contributed by atoms with Crippen LogP contribution < -0.4 is 5.32 Å². The van der Waals surface area contributed by atoms with Gasteiger partial charge in [-0.2, -0.15) is 0 Å². The van der Waals surface area contributed by atoms with E-state index in [1.54, 1.807) is 0 Å². The molecule has 98 valence electrons. The van der Waals surface area contributed by atoms with Crippen LogP contribution in [0.3, 0.4) is 0 Å². The Morgan fingerprint density at radius 1 is 1.50 bits per heavy atom. The van der Waals surface area contributed by atoms with E-state index < -0.39 is 29.6 Å². The van der Waals surface area contributed by atoms with E-state index in [0.29, 0.717) is 13.1 Å². The highest BCUT2D eigenvalue weighted by Crippen LogP contribution is 2.22. The number of phenols is 1. The number of carbonyl (C=O) groups excluding carboxylic acids is 1. The molecule has 1 aromatic carbocycles. The van der Waals surface area contributed by atoms with Crippen LogP contribution >= 0.6 is 0 Å². The lowest BCUT2D eigenvalue weighted by atomic mass is 10.1. The maximum Gasteiger partial charge on any atom is 0.260 e. The molecule has 6 heteroatoms. The fourth-order valence-electron chi connectivity index (χ4n) is 2.10. The van der Waals surface area contributed by atoms with Crippen LogP contribution in [-0.2, 0) is 0 Å². The van der Waals surface area contributed by atoms with Gasteiger partial charge in [0, 0.05) is 20.1 Å². The molecular formula is C12H15FN2O3. The van der Waals surface area contributed by atoms with Crippen molar-refractivity contribution >= 4 is 5.91 Å². The predicted molar refractivity (Wildman–Crippen MR) is 62.8 cm³/mol. The molecule has 5 nitrogen and oxygen atoms in total. The fraction of sp³-hybridized carbons (Fsp3) is 0.417. The third-order valence-corrected chi connectivity index (χ3v) is 3.17. The predicted octanol–water partition coefficient (Wildman–Crippen LogP) is -0.0640. The summed E-state index contributed by atoms with van der Waals surface area (Å²) in [5, 5.41) is 22.2. The SMILES string of the molecule is CN(C(=O)c1c(O)cccc1F)[C@H]1CNC[C@@H]1O. The minimum atomic E-state index is -0.771. The molecule has 1 fully saturated rings. The largest absolute Gasteiger partial charge is 0.507 e. The lowest BCUT2D eigenvalue weighted by Crippen LogP contribution is -2.44. The molecule has 2 atom stereocenters. The van der Waals surface area contributed by atoms with Gasteiger partial charge in [0.05, 0.1) is 12.1 Å². The molecule has 1 aromatic rings. The van der Waals surface area contributed by atoms with E-state index in [2.05, 4.69) is 5.32 Å². The van der Waals surface area contributed by atoms with Gasteiger partial charge >= 0.3 is 0 Å². The Morgan fingerprint density at radius 3 is 2.78 bits per heavy atom. The molecule has 1 saturated heterocycles. The van der Waals surface area contributed by atoms with Crippen LogP contribution in [-0.4, -0.2) is 53.3 Å². The van der Waals surface area contributed by atoms with Crippen molar-refractivity contribution < 1.29 is 19.4 Å². The first-order valence-electron chi connectivity index (χ1n) is 5.65. The zero-order valence-corrected chi connectivity index (χ0v) is 9.93. The van der Waals surface area contributed by atoms with E-state index >= 15 is 0 Å². The van der Waals surface area contributed by atoms with Gasteiger partial charge in [-0.05, 0) is 12.1 Å². The summed E-state index contributed by atoms with van der Waals surface area (Å²) in [4.78, 5) is 13.4. The molecule has 0 bridgehead atoms. The van der Waals surface area contributed by atoms with Crippen molar-refractivity contribution in [2.24, 2.45) is 0 Å². The molecule has 0 spiro atoms. The van der Waals surface area contributed by atoms with Crippen LogP contribution in [0.2, 0.25) is 0 Å². The maximum atomic E-state index is 13.6. The summed E-state index contributed by atoms with van der Waals surface area (Å²) in [6.45, 7) is 0.837. The number of aromatic hydroxyl groups is 1. The maximum absolute atomic E-state index is 13.6. The number of nitrogens with zero attached hydrogens (tertiary/aromatic N) is 1. The van der Waals surface area contributed by atoms with Gasteiger partial charge < -0.3 is 20.4 Å². The lowest BCUT2D eigenvalue weighted by Gasteiger charge is -2.26. The summed E-state index contributed by atoms with van der Waals surface area (Å²) in [5.41, 5.74) is -0.362. The summed E-state index contributed by atoms with van der Waals surface area (Å²) in [6, 6.07) is 3.28. The van der Waals surface area contributed by atoms with E-state index in [0.717, 1.165) is 6.07 Å². The summed E-state index contributed by atoms with van der Waals surface area (Å²) in [6.07, 6.45) is -0.687. The number of β-amino-alcohol motifs (C(OH)–C–C–N with tert-alkyl or cyclic N) is 1. The average Bonchev–Trinajstić information content (AvgIpc) is 2.74. The number of carbonyl (C=O) groups is 1. The van der Waals surface area contributed by atoms with Gasteiger partial charge in [0.2, 0.25) is 0 Å². The minimum Gasteiger partial charge on any atom is -0.507 e. The van der Waals surface area contributed by atoms with E-state index in [9.17, 15) is 19.4 Å². The molecule has 0 unspecified atom stereocenters. The van der Waals surface area contributed by atoms with Gasteiger partial charge in [-0.3, -0.25) is 4.79 Å². The number of amides is 1. The number of rotatable bonds is 2. The fourth-order valence-corrected chi connectivity index (χ4v) is 2.10. The number of aliphatic hydroxyl groups is 1. The summed E-state index contributed by atoms with van der Waals surface area (Å²) in [5.74, 6) is -1.81. The Morgan fingerprint density at radius 2 is 2.22 bits per heavy atom. The van der Waals surface area contributed by atoms with Crippen molar-refractivity contribution in [3.63, 3.8) is 0 Å². The molecule has 2 rings (SSSR count). The van der Waals surface area contributed by atoms with Gasteiger partial charge in [-0.25, -0.2) is 4.39 Å². The number of hydrogen-bond acceptors (Lipinski definition) is 4. The Bertz CT molecular complexity index is 446. The van der Waals surface area contributed by atoms with E-state index in [1.807, 2.05) is 0 Å². The van der Waals surface area contributed by atoms with Crippen molar-refractivity contribution in [2.75, 3.05) is 20.1 Å². The summed E-state index contributed by atoms with van der Waals surface area (Å²) < 4.78 is 13.6. The smallest absolute Gasteiger partial charge is 0.260 e. The van der Waals surface area contributed by atoms with Gasteiger partial charge in [0.15, 0.2) is 0 Å². The normalized spacial score (nSPS) is 23.1. The van der Waals surface area contributed by atoms with Gasteiger partial charge in [-0.1, -0.05) is 6.07 Å². The third kappa shape index (κ3) is 2.16. The minimum absolute atomic E-state index is 0.362. The molecule has 0 aromatic heterocycles. The molecule has 0 radical (unpaired) electrons. The number of nitrogens with one attached hydrogen (secondary N) is 1. The number of likely N-dealkylation sites (N-methyl/N-ethyl adjacent to an activating group) is 1. The monoisotopic (exact) mass is 254 g/mol. The average molecular weight is 254 g/mol. The zero-order chi connectivity index (χ0) is 13.3. The molecule has 1 aliphatic heterocycles. The molecule has 18 heavy (non-hydrogen) atoms. The van der Waals surface area contributed by atoms with Crippen LogP contribution in [0.4, 0.5) is 4.39 Å². The van der Waals surface area contributed by atoms with Gasteiger partial charge in [0.25, 0.3) is 5.91 Å². The van der Waals surface area contributed by atoms with Gasteiger partial charge in [0.1, 0.15) is 17.1 Å². The number of aliphatic hydroxyl groups excluding tert-OH is 1. The second-order valence-electron chi connectivity index (χ2n) is 4.34. The Labute approximate surface area is 104 Å². The number of benzene rings is 1. The first-order valence-corrected chi connectivity index (χ1v) is 5.65. The Balaban J connectivity index is 2.26. The van der Waals surface area contributed by atoms with Crippen LogP contribution in [0.25, 0.3) is 0 Å². The van der Waals surface area contributed by atoms with Crippen molar-refractivity contribution in [1.82, 2.24) is 10.2 Å². The second-order valence-corrected chi connectivity index (χ2v) is 4.34. The Kier molecular flexibility index (Phi) is 3.49. The van der Waals surface area contributed by atoms with Crippen LogP contribution in [0.5, 0.6) is 5.75 Å². The van der Waals surface area contributed by atoms with Gasteiger partial charge in [-0.15, -0.1) is 0 Å². The molecule has 0 aliphatic carbocycles. The molecule has 1 aliphatic rings. The van der Waals surface area contributed by atoms with Crippen molar-refractivity contribution in [1.29, 1.82) is 0 Å². The van der Waals surface area contributed by atoms with Crippen molar-refractivity contribution in [2.45, 2.75) is 12.1 Å². The van der Waals surface area contributed by atoms with E-state index in [1.165, 1.54) is 24.1 Å². The molecule has 0 saturated carbocycles. The quantitative estimate of drug-likeness (QED) is 0.691. The molecular weight excluding hydrogens is 239 g/mol. The van der Waals surface area contributed by atoms with Crippen LogP contribution in [0.1, 0.15) is 10.4 Å². The molecule has 1 heterocycles. The Hall–Kier alpha value is -1.66. The highest BCUT2D eigenvalue weighted by Gasteiger charge is 2.33. The first-order chi connectivity index (χ1) is 8.52. The van der Waals surface area contributed by atoms with Crippen LogP contribution in [0.15, 0.2) is 18.2 Å². The third-order valence-electron chi connectivity index (χ3n) is 3.17. The highest BCUT2D eigenvalue weighted by molar-refractivity contribution is 5.97. The van der Waals surface area contributed by atoms with E-state index in [-0.39, 0.29) is 5.56 Å². The lowest BCUT2D eigenvalue weighted by molar-refractivity contribution is 0.0574. The second kappa shape index (κ2) is 4.91. The zero-order valence-electron chi connectivity index (χ0n) is 9.93. The summed E-state index contributed by atoms with van der Waals surface area (Å²) >= 11 is 0. The molecule has 3 N–H and O–H groups in total.